The van der Waals surface area contributed by atoms with Gasteiger partial charge in [0.2, 0.25) is 11.8 Å². The van der Waals surface area contributed by atoms with Crippen LogP contribution in [0.3, 0.4) is 0 Å². The third-order valence-electron chi connectivity index (χ3n) is 3.96. The van der Waals surface area contributed by atoms with E-state index in [0.29, 0.717) is 23.0 Å². The third kappa shape index (κ3) is 7.27. The maximum absolute atomic E-state index is 12.1. The van der Waals surface area contributed by atoms with Crippen molar-refractivity contribution in [1.82, 2.24) is 9.97 Å². The Morgan fingerprint density at radius 2 is 1.14 bits per heavy atom. The van der Waals surface area contributed by atoms with Crippen LogP contribution in [0.2, 0.25) is 0 Å². The van der Waals surface area contributed by atoms with Crippen molar-refractivity contribution in [3.05, 3.63) is 47.8 Å². The van der Waals surface area contributed by atoms with E-state index < -0.39 is 10.8 Å². The lowest BCUT2D eigenvalue weighted by molar-refractivity contribution is -0.123. The van der Waals surface area contributed by atoms with E-state index >= 15 is 0 Å². The van der Waals surface area contributed by atoms with Crippen LogP contribution in [-0.4, -0.2) is 21.8 Å². The topological polar surface area (TPSA) is 93.2 Å². The summed E-state index contributed by atoms with van der Waals surface area (Å²) in [5.74, 6) is 0.801. The maximum atomic E-state index is 12.1. The van der Waals surface area contributed by atoms with Crippen LogP contribution in [0.5, 0.6) is 0 Å². The molecule has 29 heavy (non-hydrogen) atoms. The fourth-order valence-electron chi connectivity index (χ4n) is 2.13. The summed E-state index contributed by atoms with van der Waals surface area (Å²) in [5, 5.41) is 5.62. The summed E-state index contributed by atoms with van der Waals surface area (Å²) < 4.78 is 5.71. The molecule has 0 atom stereocenters. The Kier molecular flexibility index (Phi) is 7.08. The van der Waals surface area contributed by atoms with E-state index in [1.165, 1.54) is 0 Å². The lowest BCUT2D eigenvalue weighted by Crippen LogP contribution is -2.28. The first-order chi connectivity index (χ1) is 13.4. The van der Waals surface area contributed by atoms with Crippen LogP contribution in [-0.2, 0) is 27.5 Å². The Morgan fingerprint density at radius 3 is 1.48 bits per heavy atom. The molecule has 7 heteroatoms. The van der Waals surface area contributed by atoms with Gasteiger partial charge in [-0.15, -0.1) is 0 Å². The first-order valence-corrected chi connectivity index (χ1v) is 9.58. The van der Waals surface area contributed by atoms with Gasteiger partial charge in [-0.05, 0) is 24.3 Å². The highest BCUT2D eigenvalue weighted by Crippen LogP contribution is 2.18. The number of amides is 2. The van der Waals surface area contributed by atoms with Gasteiger partial charge in [0.05, 0.1) is 24.6 Å². The highest BCUT2D eigenvalue weighted by molar-refractivity contribution is 5.94. The highest BCUT2D eigenvalue weighted by atomic mass is 16.5. The molecule has 156 valence electrons. The lowest BCUT2D eigenvalue weighted by atomic mass is 9.96. The number of ether oxygens (including phenoxy) is 1. The number of carbonyl (C=O) groups is 2. The van der Waals surface area contributed by atoms with Gasteiger partial charge in [0.15, 0.2) is 0 Å². The monoisotopic (exact) mass is 398 g/mol. The molecule has 2 N–H and O–H groups in total. The number of aromatic nitrogens is 2. The Hall–Kier alpha value is -2.80. The molecule has 2 aromatic rings. The van der Waals surface area contributed by atoms with Gasteiger partial charge in [-0.1, -0.05) is 53.7 Å². The van der Waals surface area contributed by atoms with Crippen LogP contribution >= 0.6 is 0 Å². The maximum Gasteiger partial charge on any atom is 0.230 e. The van der Waals surface area contributed by atoms with Gasteiger partial charge >= 0.3 is 0 Å². The van der Waals surface area contributed by atoms with E-state index in [0.717, 1.165) is 0 Å². The zero-order valence-corrected chi connectivity index (χ0v) is 18.0. The third-order valence-corrected chi connectivity index (χ3v) is 3.96. The zero-order chi connectivity index (χ0) is 21.7. The largest absolute Gasteiger partial charge is 0.369 e. The van der Waals surface area contributed by atoms with Gasteiger partial charge < -0.3 is 15.4 Å². The minimum atomic E-state index is -0.493. The summed E-state index contributed by atoms with van der Waals surface area (Å²) in [6.45, 7) is 11.6. The second-order valence-corrected chi connectivity index (χ2v) is 8.93. The van der Waals surface area contributed by atoms with E-state index in [9.17, 15) is 9.59 Å². The van der Waals surface area contributed by atoms with Crippen LogP contribution in [0.1, 0.15) is 52.9 Å². The van der Waals surface area contributed by atoms with E-state index in [-0.39, 0.29) is 25.0 Å². The molecule has 2 heterocycles. The van der Waals surface area contributed by atoms with Crippen LogP contribution in [0.25, 0.3) is 0 Å². The molecule has 0 saturated carbocycles. The predicted octanol–water partition coefficient (Wildman–Crippen LogP) is 4.16. The highest BCUT2D eigenvalue weighted by Gasteiger charge is 2.22. The van der Waals surface area contributed by atoms with Gasteiger partial charge in [-0.2, -0.15) is 0 Å². The molecule has 0 fully saturated rings. The van der Waals surface area contributed by atoms with Gasteiger partial charge in [-0.25, -0.2) is 9.97 Å². The molecule has 2 rings (SSSR count). The van der Waals surface area contributed by atoms with Crippen molar-refractivity contribution >= 4 is 23.5 Å². The van der Waals surface area contributed by atoms with Gasteiger partial charge in [-0.3, -0.25) is 9.59 Å². The lowest BCUT2D eigenvalue weighted by Gasteiger charge is -2.17. The number of hydrogen-bond acceptors (Lipinski definition) is 5. The minimum absolute atomic E-state index is 0.0959. The van der Waals surface area contributed by atoms with Crippen molar-refractivity contribution in [1.29, 1.82) is 0 Å². The number of nitrogens with zero attached hydrogens (tertiary/aromatic N) is 2. The number of rotatable bonds is 6. The van der Waals surface area contributed by atoms with Crippen molar-refractivity contribution in [3.8, 4) is 0 Å². The van der Waals surface area contributed by atoms with Crippen LogP contribution in [0.4, 0.5) is 11.6 Å². The molecule has 0 aliphatic heterocycles. The normalized spacial score (nSPS) is 11.8. The molecular weight excluding hydrogens is 368 g/mol. The molecule has 7 nitrogen and oxygen atoms in total. The van der Waals surface area contributed by atoms with E-state index in [4.69, 9.17) is 4.74 Å². The Morgan fingerprint density at radius 1 is 0.759 bits per heavy atom. The molecule has 0 aliphatic carbocycles. The second-order valence-electron chi connectivity index (χ2n) is 8.93. The average Bonchev–Trinajstić information content (AvgIpc) is 2.61. The Labute approximate surface area is 172 Å². The quantitative estimate of drug-likeness (QED) is 0.762. The zero-order valence-electron chi connectivity index (χ0n) is 18.0. The SMILES string of the molecule is CC(C)(C)C(=O)Nc1cccc(COCc2cccc(NC(=O)C(C)(C)C)n2)n1. The first-order valence-electron chi connectivity index (χ1n) is 9.58. The summed E-state index contributed by atoms with van der Waals surface area (Å²) in [6, 6.07) is 10.8. The number of nitrogens with one attached hydrogen (secondary N) is 2. The number of pyridine rings is 2. The predicted molar refractivity (Wildman–Crippen MR) is 113 cm³/mol. The molecule has 2 amide bonds. The van der Waals surface area contributed by atoms with E-state index in [1.54, 1.807) is 12.1 Å². The van der Waals surface area contributed by atoms with E-state index in [1.807, 2.05) is 65.8 Å². The Bertz CT molecular complexity index is 795. The Balaban J connectivity index is 1.92. The van der Waals surface area contributed by atoms with Gasteiger partial charge in [0.25, 0.3) is 0 Å². The van der Waals surface area contributed by atoms with Crippen molar-refractivity contribution in [2.75, 3.05) is 10.6 Å². The fourth-order valence-corrected chi connectivity index (χ4v) is 2.13. The molecule has 0 radical (unpaired) electrons. The molecule has 0 aromatic carbocycles. The molecule has 0 unspecified atom stereocenters. The molecular formula is C22H30N4O3. The van der Waals surface area contributed by atoms with Crippen molar-refractivity contribution in [3.63, 3.8) is 0 Å². The van der Waals surface area contributed by atoms with Crippen LogP contribution in [0, 0.1) is 10.8 Å². The summed E-state index contributed by atoms with van der Waals surface area (Å²) in [6.07, 6.45) is 0. The molecule has 0 bridgehead atoms. The smallest absolute Gasteiger partial charge is 0.230 e. The van der Waals surface area contributed by atoms with Crippen LogP contribution in [0.15, 0.2) is 36.4 Å². The summed E-state index contributed by atoms with van der Waals surface area (Å²) >= 11 is 0. The number of carbonyl (C=O) groups excluding carboxylic acids is 2. The van der Waals surface area contributed by atoms with Gasteiger partial charge in [0.1, 0.15) is 11.6 Å². The van der Waals surface area contributed by atoms with Crippen LogP contribution < -0.4 is 10.6 Å². The summed E-state index contributed by atoms with van der Waals surface area (Å²) in [7, 11) is 0. The molecule has 0 aliphatic rings. The molecule has 0 spiro atoms. The van der Waals surface area contributed by atoms with Gasteiger partial charge in [0, 0.05) is 10.8 Å². The van der Waals surface area contributed by atoms with E-state index in [2.05, 4.69) is 20.6 Å². The minimum Gasteiger partial charge on any atom is -0.369 e. The number of anilines is 2. The summed E-state index contributed by atoms with van der Waals surface area (Å²) in [4.78, 5) is 33.0. The number of hydrogen-bond donors (Lipinski definition) is 2. The second kappa shape index (κ2) is 9.13. The molecule has 2 aromatic heterocycles. The van der Waals surface area contributed by atoms with Crippen molar-refractivity contribution in [2.24, 2.45) is 10.8 Å². The standard InChI is InChI=1S/C22H30N4O3/c1-21(2,3)19(27)25-17-11-7-9-15(23-17)13-29-14-16-10-8-12-18(24-16)26-20(28)22(4,5)6/h7-12H,13-14H2,1-6H3,(H,23,25,27)(H,24,26,28). The molecule has 0 saturated heterocycles. The van der Waals surface area contributed by atoms with Crippen molar-refractivity contribution < 1.29 is 14.3 Å². The fraction of sp³-hybridized carbons (Fsp3) is 0.455. The average molecular weight is 399 g/mol. The first kappa shape index (κ1) is 22.5. The van der Waals surface area contributed by atoms with Crippen molar-refractivity contribution in [2.45, 2.75) is 54.8 Å². The summed E-state index contributed by atoms with van der Waals surface area (Å²) in [5.41, 5.74) is 0.420.